The summed E-state index contributed by atoms with van der Waals surface area (Å²) in [6.07, 6.45) is 0. The average molecular weight is 356 g/mol. The molecule has 138 valence electrons. The highest BCUT2D eigenvalue weighted by molar-refractivity contribution is 5.86. The molecule has 0 radical (unpaired) electrons. The highest BCUT2D eigenvalue weighted by Crippen LogP contribution is 2.28. The van der Waals surface area contributed by atoms with Crippen LogP contribution in [0.1, 0.15) is 25.0 Å². The minimum Gasteiger partial charge on any atom is -0.493 e. The Morgan fingerprint density at radius 3 is 2.42 bits per heavy atom. The van der Waals surface area contributed by atoms with Crippen molar-refractivity contribution in [3.63, 3.8) is 0 Å². The first-order valence-electron chi connectivity index (χ1n) is 8.38. The van der Waals surface area contributed by atoms with Gasteiger partial charge in [-0.05, 0) is 30.2 Å². The second kappa shape index (κ2) is 9.46. The first-order chi connectivity index (χ1) is 12.5. The Labute approximate surface area is 153 Å². The number of methoxy groups -OCH3 is 1. The molecule has 2 rings (SSSR count). The Kier molecular flexibility index (Phi) is 7.02. The van der Waals surface area contributed by atoms with Crippen LogP contribution in [0.4, 0.5) is 0 Å². The van der Waals surface area contributed by atoms with Gasteiger partial charge in [-0.15, -0.1) is 0 Å². The first-order valence-corrected chi connectivity index (χ1v) is 8.38. The van der Waals surface area contributed by atoms with Crippen molar-refractivity contribution >= 4 is 11.8 Å². The minimum atomic E-state index is -0.581. The van der Waals surface area contributed by atoms with Crippen LogP contribution in [0.25, 0.3) is 0 Å². The van der Waals surface area contributed by atoms with E-state index in [4.69, 9.17) is 9.47 Å². The van der Waals surface area contributed by atoms with Gasteiger partial charge in [-0.3, -0.25) is 9.59 Å². The molecule has 0 unspecified atom stereocenters. The molecule has 0 heterocycles. The zero-order chi connectivity index (χ0) is 18.9. The molecule has 2 N–H and O–H groups in total. The Bertz CT molecular complexity index is 747. The van der Waals surface area contributed by atoms with Crippen LogP contribution in [0.5, 0.6) is 11.5 Å². The van der Waals surface area contributed by atoms with Crippen molar-refractivity contribution in [1.29, 1.82) is 0 Å². The molecule has 0 aliphatic heterocycles. The molecule has 0 aliphatic carbocycles. The van der Waals surface area contributed by atoms with Gasteiger partial charge in [-0.2, -0.15) is 0 Å². The predicted molar refractivity (Wildman–Crippen MR) is 98.9 cm³/mol. The van der Waals surface area contributed by atoms with Gasteiger partial charge >= 0.3 is 0 Å². The third kappa shape index (κ3) is 5.81. The molecule has 0 saturated heterocycles. The van der Waals surface area contributed by atoms with Crippen LogP contribution in [-0.2, 0) is 22.7 Å². The Balaban J connectivity index is 1.95. The second-order valence-corrected chi connectivity index (χ2v) is 5.90. The summed E-state index contributed by atoms with van der Waals surface area (Å²) < 4.78 is 11.2. The maximum Gasteiger partial charge on any atom is 0.242 e. The van der Waals surface area contributed by atoms with Crippen molar-refractivity contribution in [3.05, 3.63) is 59.7 Å². The van der Waals surface area contributed by atoms with E-state index in [1.54, 1.807) is 14.0 Å². The van der Waals surface area contributed by atoms with Crippen molar-refractivity contribution in [1.82, 2.24) is 10.6 Å². The van der Waals surface area contributed by atoms with Gasteiger partial charge in [0.1, 0.15) is 12.6 Å². The molecule has 0 saturated carbocycles. The number of carbonyl (C=O) groups is 2. The summed E-state index contributed by atoms with van der Waals surface area (Å²) in [4.78, 5) is 22.9. The molecule has 0 fully saturated rings. The summed E-state index contributed by atoms with van der Waals surface area (Å²) in [6.45, 7) is 3.79. The third-order valence-electron chi connectivity index (χ3n) is 3.74. The number of amides is 2. The highest BCUT2D eigenvalue weighted by atomic mass is 16.5. The van der Waals surface area contributed by atoms with Crippen LogP contribution in [0.2, 0.25) is 0 Å². The molecule has 6 heteroatoms. The van der Waals surface area contributed by atoms with E-state index < -0.39 is 6.04 Å². The number of carbonyl (C=O) groups excluding carboxylic acids is 2. The SMILES string of the molecule is COc1cc(CNC(=O)[C@H](C)NC(C)=O)ccc1OCc1ccccc1. The second-order valence-electron chi connectivity index (χ2n) is 5.90. The van der Waals surface area contributed by atoms with E-state index in [2.05, 4.69) is 10.6 Å². The smallest absolute Gasteiger partial charge is 0.242 e. The van der Waals surface area contributed by atoms with Crippen LogP contribution < -0.4 is 20.1 Å². The van der Waals surface area contributed by atoms with Gasteiger partial charge in [0, 0.05) is 13.5 Å². The average Bonchev–Trinajstić information content (AvgIpc) is 2.64. The quantitative estimate of drug-likeness (QED) is 0.762. The number of hydrogen-bond donors (Lipinski definition) is 2. The van der Waals surface area contributed by atoms with Gasteiger partial charge in [-0.1, -0.05) is 36.4 Å². The molecule has 0 spiro atoms. The first kappa shape index (κ1) is 19.3. The number of ether oxygens (including phenoxy) is 2. The normalized spacial score (nSPS) is 11.3. The van der Waals surface area contributed by atoms with Gasteiger partial charge in [0.15, 0.2) is 11.5 Å². The maximum absolute atomic E-state index is 12.0. The van der Waals surface area contributed by atoms with Gasteiger partial charge in [-0.25, -0.2) is 0 Å². The van der Waals surface area contributed by atoms with Crippen molar-refractivity contribution in [3.8, 4) is 11.5 Å². The van der Waals surface area contributed by atoms with E-state index in [0.29, 0.717) is 24.7 Å². The molecular formula is C20H24N2O4. The van der Waals surface area contributed by atoms with Crippen LogP contribution in [0.3, 0.4) is 0 Å². The molecule has 2 aromatic rings. The molecular weight excluding hydrogens is 332 g/mol. The summed E-state index contributed by atoms with van der Waals surface area (Å²) in [5, 5.41) is 5.33. The maximum atomic E-state index is 12.0. The van der Waals surface area contributed by atoms with Crippen molar-refractivity contribution < 1.29 is 19.1 Å². The summed E-state index contributed by atoms with van der Waals surface area (Å²) in [6, 6.07) is 14.8. The fourth-order valence-electron chi connectivity index (χ4n) is 2.39. The van der Waals surface area contributed by atoms with Crippen LogP contribution >= 0.6 is 0 Å². The van der Waals surface area contributed by atoms with Crippen LogP contribution in [0, 0.1) is 0 Å². The molecule has 2 aromatic carbocycles. The third-order valence-corrected chi connectivity index (χ3v) is 3.74. The van der Waals surface area contributed by atoms with Crippen LogP contribution in [-0.4, -0.2) is 25.0 Å². The summed E-state index contributed by atoms with van der Waals surface area (Å²) in [5.41, 5.74) is 1.94. The van der Waals surface area contributed by atoms with E-state index in [9.17, 15) is 9.59 Å². The van der Waals surface area contributed by atoms with Gasteiger partial charge in [0.2, 0.25) is 11.8 Å². The Morgan fingerprint density at radius 2 is 1.77 bits per heavy atom. The molecule has 0 aliphatic rings. The summed E-state index contributed by atoms with van der Waals surface area (Å²) in [5.74, 6) is 0.749. The molecule has 2 amide bonds. The zero-order valence-electron chi connectivity index (χ0n) is 15.2. The Hall–Kier alpha value is -3.02. The van der Waals surface area contributed by atoms with Crippen molar-refractivity contribution in [2.45, 2.75) is 33.0 Å². The van der Waals surface area contributed by atoms with E-state index in [1.165, 1.54) is 6.92 Å². The van der Waals surface area contributed by atoms with Crippen molar-refractivity contribution in [2.75, 3.05) is 7.11 Å². The minimum absolute atomic E-state index is 0.241. The number of nitrogens with one attached hydrogen (secondary N) is 2. The lowest BCUT2D eigenvalue weighted by Crippen LogP contribution is -2.43. The number of hydrogen-bond acceptors (Lipinski definition) is 4. The summed E-state index contributed by atoms with van der Waals surface area (Å²) >= 11 is 0. The topological polar surface area (TPSA) is 76.7 Å². The van der Waals surface area contributed by atoms with Gasteiger partial charge in [0.05, 0.1) is 7.11 Å². The summed E-state index contributed by atoms with van der Waals surface area (Å²) in [7, 11) is 1.58. The largest absolute Gasteiger partial charge is 0.493 e. The fourth-order valence-corrected chi connectivity index (χ4v) is 2.39. The van der Waals surface area contributed by atoms with Gasteiger partial charge in [0.25, 0.3) is 0 Å². The zero-order valence-corrected chi connectivity index (χ0v) is 15.2. The predicted octanol–water partition coefficient (Wildman–Crippen LogP) is 2.41. The molecule has 26 heavy (non-hydrogen) atoms. The molecule has 0 bridgehead atoms. The van der Waals surface area contributed by atoms with Crippen LogP contribution in [0.15, 0.2) is 48.5 Å². The van der Waals surface area contributed by atoms with E-state index in [1.807, 2.05) is 48.5 Å². The standard InChI is InChI=1S/C20H24N2O4/c1-14(22-15(2)23)20(24)21-12-17-9-10-18(19(11-17)25-3)26-13-16-7-5-4-6-8-16/h4-11,14H,12-13H2,1-3H3,(H,21,24)(H,22,23)/t14-/m0/s1. The lowest BCUT2D eigenvalue weighted by molar-refractivity contribution is -0.127. The molecule has 1 atom stereocenters. The fraction of sp³-hybridized carbons (Fsp3) is 0.300. The molecule has 0 aromatic heterocycles. The number of rotatable bonds is 8. The van der Waals surface area contributed by atoms with Gasteiger partial charge < -0.3 is 20.1 Å². The lowest BCUT2D eigenvalue weighted by Gasteiger charge is -2.15. The monoisotopic (exact) mass is 356 g/mol. The molecule has 6 nitrogen and oxygen atoms in total. The van der Waals surface area contributed by atoms with E-state index in [-0.39, 0.29) is 11.8 Å². The van der Waals surface area contributed by atoms with Crippen molar-refractivity contribution in [2.24, 2.45) is 0 Å². The Morgan fingerprint density at radius 1 is 1.04 bits per heavy atom. The lowest BCUT2D eigenvalue weighted by atomic mass is 10.2. The number of benzene rings is 2. The van der Waals surface area contributed by atoms with E-state index >= 15 is 0 Å². The highest BCUT2D eigenvalue weighted by Gasteiger charge is 2.13. The van der Waals surface area contributed by atoms with E-state index in [0.717, 1.165) is 11.1 Å².